The Kier molecular flexibility index (Phi) is 3.17. The van der Waals surface area contributed by atoms with Crippen molar-refractivity contribution >= 4 is 29.9 Å². The predicted molar refractivity (Wildman–Crippen MR) is 55.5 cm³/mol. The van der Waals surface area contributed by atoms with Crippen LogP contribution in [0.2, 0.25) is 5.02 Å². The summed E-state index contributed by atoms with van der Waals surface area (Å²) in [6, 6.07) is 4.69. The monoisotopic (exact) mass is 217 g/mol. The summed E-state index contributed by atoms with van der Waals surface area (Å²) in [5.41, 5.74) is 0.722. The first-order chi connectivity index (χ1) is 6.02. The third-order valence-electron chi connectivity index (χ3n) is 1.65. The van der Waals surface area contributed by atoms with E-state index in [9.17, 15) is 10.1 Å². The Balaban J connectivity index is 3.19. The normalized spacial score (nSPS) is 12.5. The Bertz CT molecular complexity index is 341. The van der Waals surface area contributed by atoms with E-state index < -0.39 is 4.92 Å². The molecule has 1 aromatic rings. The summed E-state index contributed by atoms with van der Waals surface area (Å²) in [5.74, 6) is 0. The number of halogens is 1. The fraction of sp³-hybridized carbons (Fsp3) is 0.250. The topological polar surface area (TPSA) is 43.1 Å². The summed E-state index contributed by atoms with van der Waals surface area (Å²) in [6.45, 7) is 1.84. The van der Waals surface area contributed by atoms with E-state index in [1.54, 1.807) is 6.07 Å². The smallest absolute Gasteiger partial charge is 0.258 e. The van der Waals surface area contributed by atoms with Crippen LogP contribution < -0.4 is 0 Å². The molecule has 0 aliphatic carbocycles. The molecule has 0 aliphatic rings. The highest BCUT2D eigenvalue weighted by Gasteiger charge is 2.13. The molecule has 0 aliphatic heterocycles. The Hall–Kier alpha value is -0.740. The number of nitrogens with zero attached hydrogens (tertiary/aromatic N) is 1. The van der Waals surface area contributed by atoms with E-state index in [4.69, 9.17) is 11.6 Å². The van der Waals surface area contributed by atoms with Gasteiger partial charge in [0, 0.05) is 11.3 Å². The molecule has 0 heterocycles. The maximum atomic E-state index is 10.5. The van der Waals surface area contributed by atoms with E-state index in [0.717, 1.165) is 5.56 Å². The molecule has 5 heteroatoms. The van der Waals surface area contributed by atoms with Crippen molar-refractivity contribution < 1.29 is 4.92 Å². The number of nitro benzene ring substituents is 1. The predicted octanol–water partition coefficient (Wildman–Crippen LogP) is 3.24. The average molecular weight is 218 g/mol. The third-order valence-corrected chi connectivity index (χ3v) is 2.27. The van der Waals surface area contributed by atoms with Crippen molar-refractivity contribution in [3.63, 3.8) is 0 Å². The molecule has 0 spiro atoms. The molecule has 1 atom stereocenters. The van der Waals surface area contributed by atoms with Gasteiger partial charge in [-0.1, -0.05) is 17.7 Å². The lowest BCUT2D eigenvalue weighted by atomic mass is 10.1. The Morgan fingerprint density at radius 1 is 1.62 bits per heavy atom. The van der Waals surface area contributed by atoms with Gasteiger partial charge in [0.15, 0.2) is 0 Å². The molecular formula is C8H8ClNO2S. The molecule has 70 valence electrons. The van der Waals surface area contributed by atoms with Gasteiger partial charge in [-0.25, -0.2) is 0 Å². The van der Waals surface area contributed by atoms with E-state index in [2.05, 4.69) is 12.6 Å². The molecule has 0 fully saturated rings. The van der Waals surface area contributed by atoms with Gasteiger partial charge in [-0.3, -0.25) is 10.1 Å². The van der Waals surface area contributed by atoms with Crippen molar-refractivity contribution in [3.8, 4) is 0 Å². The van der Waals surface area contributed by atoms with Crippen LogP contribution in [0.3, 0.4) is 0 Å². The van der Waals surface area contributed by atoms with Crippen molar-refractivity contribution in [3.05, 3.63) is 38.9 Å². The molecule has 13 heavy (non-hydrogen) atoms. The van der Waals surface area contributed by atoms with Gasteiger partial charge in [0.25, 0.3) is 5.69 Å². The second-order valence-corrected chi connectivity index (χ2v) is 3.83. The Labute approximate surface area is 86.3 Å². The molecule has 0 amide bonds. The van der Waals surface area contributed by atoms with E-state index in [-0.39, 0.29) is 16.0 Å². The second kappa shape index (κ2) is 3.98. The van der Waals surface area contributed by atoms with Gasteiger partial charge in [-0.05, 0) is 18.6 Å². The highest BCUT2D eigenvalue weighted by Crippen LogP contribution is 2.29. The van der Waals surface area contributed by atoms with Crippen molar-refractivity contribution in [1.82, 2.24) is 0 Å². The Morgan fingerprint density at radius 3 is 2.69 bits per heavy atom. The van der Waals surface area contributed by atoms with Crippen LogP contribution in [0, 0.1) is 10.1 Å². The average Bonchev–Trinajstić information content (AvgIpc) is 2.04. The fourth-order valence-corrected chi connectivity index (χ4v) is 1.28. The third kappa shape index (κ3) is 2.35. The zero-order valence-electron chi connectivity index (χ0n) is 6.90. The molecule has 1 aromatic carbocycles. The van der Waals surface area contributed by atoms with Crippen molar-refractivity contribution in [2.75, 3.05) is 0 Å². The molecule has 1 unspecified atom stereocenters. The van der Waals surface area contributed by atoms with Crippen LogP contribution in [0.4, 0.5) is 5.69 Å². The van der Waals surface area contributed by atoms with E-state index in [1.807, 2.05) is 6.92 Å². The zero-order valence-corrected chi connectivity index (χ0v) is 8.55. The van der Waals surface area contributed by atoms with Crippen LogP contribution in [0.5, 0.6) is 0 Å². The Morgan fingerprint density at radius 2 is 2.23 bits per heavy atom. The maximum absolute atomic E-state index is 10.5. The number of hydrogen-bond acceptors (Lipinski definition) is 3. The molecule has 1 rings (SSSR count). The number of thiol groups is 1. The number of benzene rings is 1. The standard InChI is InChI=1S/C8H8ClNO2S/c1-5(13)6-2-3-7(9)8(4-6)10(11)12/h2-5,13H,1H3. The first-order valence-electron chi connectivity index (χ1n) is 3.64. The van der Waals surface area contributed by atoms with Crippen molar-refractivity contribution in [1.29, 1.82) is 0 Å². The van der Waals surface area contributed by atoms with Gasteiger partial charge >= 0.3 is 0 Å². The lowest BCUT2D eigenvalue weighted by Gasteiger charge is -2.04. The lowest BCUT2D eigenvalue weighted by molar-refractivity contribution is -0.384. The highest BCUT2D eigenvalue weighted by molar-refractivity contribution is 7.80. The molecule has 0 saturated carbocycles. The van der Waals surface area contributed by atoms with Gasteiger partial charge in [0.2, 0.25) is 0 Å². The van der Waals surface area contributed by atoms with E-state index in [1.165, 1.54) is 12.1 Å². The van der Waals surface area contributed by atoms with Crippen LogP contribution >= 0.6 is 24.2 Å². The SMILES string of the molecule is CC(S)c1ccc(Cl)c([N+](=O)[O-])c1. The van der Waals surface area contributed by atoms with E-state index in [0.29, 0.717) is 0 Å². The summed E-state index contributed by atoms with van der Waals surface area (Å²) >= 11 is 9.80. The summed E-state index contributed by atoms with van der Waals surface area (Å²) in [6.07, 6.45) is 0. The maximum Gasteiger partial charge on any atom is 0.288 e. The summed E-state index contributed by atoms with van der Waals surface area (Å²) in [7, 11) is 0. The summed E-state index contributed by atoms with van der Waals surface area (Å²) < 4.78 is 0. The van der Waals surface area contributed by atoms with Crippen LogP contribution in [-0.2, 0) is 0 Å². The minimum Gasteiger partial charge on any atom is -0.258 e. The molecule has 3 nitrogen and oxygen atoms in total. The van der Waals surface area contributed by atoms with Gasteiger partial charge < -0.3 is 0 Å². The fourth-order valence-electron chi connectivity index (χ4n) is 0.929. The first kappa shape index (κ1) is 10.3. The highest BCUT2D eigenvalue weighted by atomic mass is 35.5. The molecular weight excluding hydrogens is 210 g/mol. The van der Waals surface area contributed by atoms with Crippen LogP contribution in [0.25, 0.3) is 0 Å². The van der Waals surface area contributed by atoms with Gasteiger partial charge in [-0.2, -0.15) is 12.6 Å². The summed E-state index contributed by atoms with van der Waals surface area (Å²) in [4.78, 5) is 9.99. The molecule has 0 saturated heterocycles. The minimum absolute atomic E-state index is 0.0315. The number of hydrogen-bond donors (Lipinski definition) is 1. The number of nitro groups is 1. The van der Waals surface area contributed by atoms with Crippen molar-refractivity contribution in [2.24, 2.45) is 0 Å². The molecule has 0 aromatic heterocycles. The first-order valence-corrected chi connectivity index (χ1v) is 4.53. The second-order valence-electron chi connectivity index (χ2n) is 2.64. The zero-order chi connectivity index (χ0) is 10.0. The quantitative estimate of drug-likeness (QED) is 0.470. The van der Waals surface area contributed by atoms with Crippen LogP contribution in [0.15, 0.2) is 18.2 Å². The van der Waals surface area contributed by atoms with Crippen LogP contribution in [0.1, 0.15) is 17.7 Å². The van der Waals surface area contributed by atoms with Gasteiger partial charge in [0.05, 0.1) is 4.92 Å². The molecule has 0 bridgehead atoms. The largest absolute Gasteiger partial charge is 0.288 e. The van der Waals surface area contributed by atoms with Crippen molar-refractivity contribution in [2.45, 2.75) is 12.2 Å². The molecule has 0 N–H and O–H groups in total. The summed E-state index contributed by atoms with van der Waals surface area (Å²) in [5, 5.41) is 10.6. The lowest BCUT2D eigenvalue weighted by Crippen LogP contribution is -1.92. The van der Waals surface area contributed by atoms with Gasteiger partial charge in [-0.15, -0.1) is 0 Å². The van der Waals surface area contributed by atoms with E-state index >= 15 is 0 Å². The number of rotatable bonds is 2. The minimum atomic E-state index is -0.498. The van der Waals surface area contributed by atoms with Crippen LogP contribution in [-0.4, -0.2) is 4.92 Å². The molecule has 0 radical (unpaired) electrons. The van der Waals surface area contributed by atoms with Gasteiger partial charge in [0.1, 0.15) is 5.02 Å².